The highest BCUT2D eigenvalue weighted by Gasteiger charge is 2.75. The van der Waals surface area contributed by atoms with Gasteiger partial charge in [0, 0.05) is 0 Å². The molecule has 2 aliphatic heterocycles. The first kappa shape index (κ1) is 5.61. The van der Waals surface area contributed by atoms with E-state index >= 15 is 0 Å². The van der Waals surface area contributed by atoms with Crippen LogP contribution in [0.3, 0.4) is 0 Å². The summed E-state index contributed by atoms with van der Waals surface area (Å²) in [5, 5.41) is 0. The molecule has 2 nitrogen and oxygen atoms in total. The number of hydrogen-bond donors (Lipinski definition) is 0. The van der Waals surface area contributed by atoms with Crippen LogP contribution in [0.4, 0.5) is 0 Å². The van der Waals surface area contributed by atoms with Gasteiger partial charge in [0.1, 0.15) is 0 Å². The van der Waals surface area contributed by atoms with E-state index in [2.05, 4.69) is 0 Å². The third-order valence-electron chi connectivity index (χ3n) is 4.99. The number of ether oxygens (including phenoxy) is 2. The van der Waals surface area contributed by atoms with Crippen LogP contribution >= 0.6 is 0 Å². The summed E-state index contributed by atoms with van der Waals surface area (Å²) in [6.07, 6.45) is 5.50. The molecule has 8 unspecified atom stereocenters. The summed E-state index contributed by atoms with van der Waals surface area (Å²) in [6, 6.07) is 0. The van der Waals surface area contributed by atoms with Crippen molar-refractivity contribution in [3.8, 4) is 0 Å². The number of rotatable bonds is 0. The lowest BCUT2D eigenvalue weighted by Gasteiger charge is -2.47. The largest absolute Gasteiger partial charge is 0.369 e. The fourth-order valence-corrected chi connectivity index (χ4v) is 4.49. The molecule has 0 N–H and O–H groups in total. The molecule has 0 radical (unpaired) electrons. The van der Waals surface area contributed by atoms with Crippen molar-refractivity contribution in [2.75, 3.05) is 0 Å². The minimum atomic E-state index is 0.680. The van der Waals surface area contributed by atoms with Gasteiger partial charge in [0.15, 0.2) is 0 Å². The first-order valence-corrected chi connectivity index (χ1v) is 5.24. The van der Waals surface area contributed by atoms with Gasteiger partial charge in [0.05, 0.1) is 24.4 Å². The van der Waals surface area contributed by atoms with Gasteiger partial charge in [-0.25, -0.2) is 0 Å². The Labute approximate surface area is 71.2 Å². The zero-order chi connectivity index (χ0) is 7.45. The van der Waals surface area contributed by atoms with Gasteiger partial charge in [0.25, 0.3) is 0 Å². The lowest BCUT2D eigenvalue weighted by molar-refractivity contribution is -0.0570. The molecular weight excluding hydrogens is 152 g/mol. The molecule has 2 heterocycles. The summed E-state index contributed by atoms with van der Waals surface area (Å²) in [5.41, 5.74) is 0. The molecule has 0 aromatic rings. The van der Waals surface area contributed by atoms with Crippen LogP contribution in [0.5, 0.6) is 0 Å². The molecule has 2 heteroatoms. The van der Waals surface area contributed by atoms with E-state index < -0.39 is 0 Å². The molecular formula is C10H12O2. The van der Waals surface area contributed by atoms with Gasteiger partial charge in [-0.1, -0.05) is 0 Å². The SMILES string of the molecule is C1C2OC2C2C1C1CC3OC3C12. The average molecular weight is 164 g/mol. The molecule has 64 valence electrons. The Balaban J connectivity index is 1.58. The zero-order valence-corrected chi connectivity index (χ0v) is 6.85. The Hall–Kier alpha value is -0.0800. The van der Waals surface area contributed by atoms with Gasteiger partial charge >= 0.3 is 0 Å². The molecule has 5 aliphatic rings. The fraction of sp³-hybridized carbons (Fsp3) is 1.00. The smallest absolute Gasteiger partial charge is 0.0876 e. The van der Waals surface area contributed by atoms with Gasteiger partial charge < -0.3 is 9.47 Å². The highest BCUT2D eigenvalue weighted by molar-refractivity contribution is 5.22. The first-order chi connectivity index (χ1) is 5.93. The topological polar surface area (TPSA) is 25.1 Å². The van der Waals surface area contributed by atoms with Gasteiger partial charge in [-0.05, 0) is 36.5 Å². The molecule has 0 amide bonds. The quantitative estimate of drug-likeness (QED) is 0.495. The molecule has 0 spiro atoms. The van der Waals surface area contributed by atoms with Crippen LogP contribution in [0.1, 0.15) is 12.8 Å². The summed E-state index contributed by atoms with van der Waals surface area (Å²) in [4.78, 5) is 0. The van der Waals surface area contributed by atoms with E-state index in [-0.39, 0.29) is 0 Å². The van der Waals surface area contributed by atoms with Crippen molar-refractivity contribution >= 4 is 0 Å². The molecule has 3 saturated carbocycles. The predicted molar refractivity (Wildman–Crippen MR) is 40.5 cm³/mol. The summed E-state index contributed by atoms with van der Waals surface area (Å²) >= 11 is 0. The van der Waals surface area contributed by atoms with E-state index in [1.165, 1.54) is 12.8 Å². The van der Waals surface area contributed by atoms with Crippen molar-refractivity contribution in [2.45, 2.75) is 37.3 Å². The maximum absolute atomic E-state index is 5.61. The Morgan fingerprint density at radius 3 is 1.75 bits per heavy atom. The normalized spacial score (nSPS) is 80.0. The van der Waals surface area contributed by atoms with Crippen molar-refractivity contribution in [3.05, 3.63) is 0 Å². The van der Waals surface area contributed by atoms with Crippen LogP contribution in [0.2, 0.25) is 0 Å². The van der Waals surface area contributed by atoms with E-state index in [1.807, 2.05) is 0 Å². The van der Waals surface area contributed by atoms with Crippen molar-refractivity contribution in [1.29, 1.82) is 0 Å². The van der Waals surface area contributed by atoms with Crippen LogP contribution in [-0.4, -0.2) is 24.4 Å². The standard InChI is InChI=1S/C10H12O2/c1-3-4-2-6-10(12-6)8(4)7(3)9-5(1)11-9/h3-10H,1-2H2. The van der Waals surface area contributed by atoms with Gasteiger partial charge in [-0.15, -0.1) is 0 Å². The lowest BCUT2D eigenvalue weighted by atomic mass is 9.59. The Morgan fingerprint density at radius 1 is 0.750 bits per heavy atom. The maximum atomic E-state index is 5.61. The monoisotopic (exact) mass is 164 g/mol. The molecule has 0 aromatic heterocycles. The Bertz CT molecular complexity index is 249. The van der Waals surface area contributed by atoms with Crippen molar-refractivity contribution < 1.29 is 9.47 Å². The van der Waals surface area contributed by atoms with E-state index in [4.69, 9.17) is 9.47 Å². The summed E-state index contributed by atoms with van der Waals surface area (Å²) < 4.78 is 11.2. The second-order valence-electron chi connectivity index (χ2n) is 5.23. The Morgan fingerprint density at radius 2 is 1.25 bits per heavy atom. The van der Waals surface area contributed by atoms with Gasteiger partial charge in [0.2, 0.25) is 0 Å². The van der Waals surface area contributed by atoms with E-state index in [0.29, 0.717) is 24.4 Å². The van der Waals surface area contributed by atoms with Gasteiger partial charge in [-0.2, -0.15) is 0 Å². The molecule has 5 rings (SSSR count). The highest BCUT2D eigenvalue weighted by Crippen LogP contribution is 2.70. The summed E-state index contributed by atoms with van der Waals surface area (Å²) in [5.74, 6) is 3.96. The second-order valence-corrected chi connectivity index (χ2v) is 5.23. The predicted octanol–water partition coefficient (Wildman–Crippen LogP) is 0.807. The van der Waals surface area contributed by atoms with E-state index in [0.717, 1.165) is 23.7 Å². The van der Waals surface area contributed by atoms with Gasteiger partial charge in [-0.3, -0.25) is 0 Å². The second kappa shape index (κ2) is 1.38. The number of epoxide rings is 2. The zero-order valence-electron chi connectivity index (χ0n) is 6.85. The fourth-order valence-electron chi connectivity index (χ4n) is 4.49. The average Bonchev–Trinajstić information content (AvgIpc) is 2.90. The van der Waals surface area contributed by atoms with Crippen LogP contribution < -0.4 is 0 Å². The van der Waals surface area contributed by atoms with Crippen molar-refractivity contribution in [2.24, 2.45) is 23.7 Å². The van der Waals surface area contributed by atoms with Crippen LogP contribution in [0.15, 0.2) is 0 Å². The molecule has 0 aromatic carbocycles. The van der Waals surface area contributed by atoms with Crippen LogP contribution in [-0.2, 0) is 9.47 Å². The first-order valence-electron chi connectivity index (χ1n) is 5.24. The molecule has 12 heavy (non-hydrogen) atoms. The highest BCUT2D eigenvalue weighted by atomic mass is 16.6. The molecule has 3 aliphatic carbocycles. The molecule has 0 bridgehead atoms. The van der Waals surface area contributed by atoms with Crippen molar-refractivity contribution in [3.63, 3.8) is 0 Å². The number of hydrogen-bond acceptors (Lipinski definition) is 2. The van der Waals surface area contributed by atoms with E-state index in [1.54, 1.807) is 0 Å². The third kappa shape index (κ3) is 0.409. The van der Waals surface area contributed by atoms with Crippen molar-refractivity contribution in [1.82, 2.24) is 0 Å². The minimum absolute atomic E-state index is 0.680. The Kier molecular flexibility index (Phi) is 0.644. The number of fused-ring (bicyclic) bond motifs is 8. The maximum Gasteiger partial charge on any atom is 0.0876 e. The molecule has 2 saturated heterocycles. The molecule has 8 atom stereocenters. The third-order valence-corrected chi connectivity index (χ3v) is 4.99. The summed E-state index contributed by atoms with van der Waals surface area (Å²) in [7, 11) is 0. The lowest BCUT2D eigenvalue weighted by Crippen LogP contribution is -2.47. The summed E-state index contributed by atoms with van der Waals surface area (Å²) in [6.45, 7) is 0. The van der Waals surface area contributed by atoms with Crippen LogP contribution in [0.25, 0.3) is 0 Å². The van der Waals surface area contributed by atoms with Crippen LogP contribution in [0, 0.1) is 23.7 Å². The molecule has 5 fully saturated rings. The minimum Gasteiger partial charge on any atom is -0.369 e. The van der Waals surface area contributed by atoms with E-state index in [9.17, 15) is 0 Å².